The highest BCUT2D eigenvalue weighted by Gasteiger charge is 2.07. The van der Waals surface area contributed by atoms with Gasteiger partial charge in [-0.25, -0.2) is 4.79 Å². The first-order valence-corrected chi connectivity index (χ1v) is 5.96. The largest absolute Gasteiger partial charge is 0.459 e. The molecule has 0 bridgehead atoms. The lowest BCUT2D eigenvalue weighted by molar-refractivity contribution is -0.120. The van der Waals surface area contributed by atoms with Gasteiger partial charge in [-0.05, 0) is 23.9 Å². The van der Waals surface area contributed by atoms with Crippen molar-refractivity contribution in [2.75, 3.05) is 19.8 Å². The molecule has 1 heterocycles. The Morgan fingerprint density at radius 2 is 2.18 bits per heavy atom. The van der Waals surface area contributed by atoms with Crippen molar-refractivity contribution in [3.05, 3.63) is 34.5 Å². The number of ether oxygens (including phenoxy) is 2. The number of thiophene rings is 1. The summed E-state index contributed by atoms with van der Waals surface area (Å²) in [6, 6.07) is 3.47. The average molecular weight is 254 g/mol. The van der Waals surface area contributed by atoms with Crippen LogP contribution in [-0.4, -0.2) is 31.6 Å². The Balaban J connectivity index is 2.11. The third-order valence-corrected chi connectivity index (χ3v) is 2.74. The second kappa shape index (κ2) is 6.98. The highest BCUT2D eigenvalue weighted by Crippen LogP contribution is 2.09. The Labute approximate surface area is 104 Å². The second-order valence-electron chi connectivity index (χ2n) is 3.37. The van der Waals surface area contributed by atoms with Gasteiger partial charge in [-0.15, -0.1) is 11.3 Å². The van der Waals surface area contributed by atoms with Crippen LogP contribution in [0.4, 0.5) is 0 Å². The summed E-state index contributed by atoms with van der Waals surface area (Å²) in [6.07, 6.45) is 0. The van der Waals surface area contributed by atoms with E-state index in [4.69, 9.17) is 9.47 Å². The normalized spacial score (nSPS) is 9.94. The van der Waals surface area contributed by atoms with Crippen LogP contribution in [0.2, 0.25) is 0 Å². The highest BCUT2D eigenvalue weighted by molar-refractivity contribution is 7.11. The summed E-state index contributed by atoms with van der Waals surface area (Å²) >= 11 is 1.32. The number of ketones is 1. The monoisotopic (exact) mass is 254 g/mol. The van der Waals surface area contributed by atoms with Crippen LogP contribution in [0.1, 0.15) is 16.6 Å². The van der Waals surface area contributed by atoms with Crippen molar-refractivity contribution in [3.63, 3.8) is 0 Å². The fraction of sp³-hybridized carbons (Fsp3) is 0.333. The highest BCUT2D eigenvalue weighted by atomic mass is 32.1. The molecule has 0 radical (unpaired) electrons. The molecule has 0 aliphatic heterocycles. The number of esters is 1. The smallest absolute Gasteiger partial charge is 0.348 e. The molecule has 17 heavy (non-hydrogen) atoms. The zero-order valence-electron chi connectivity index (χ0n) is 9.60. The Hall–Kier alpha value is -1.46. The van der Waals surface area contributed by atoms with E-state index < -0.39 is 0 Å². The van der Waals surface area contributed by atoms with Gasteiger partial charge in [-0.1, -0.05) is 12.6 Å². The number of carbonyl (C=O) groups is 2. The number of hydrogen-bond acceptors (Lipinski definition) is 5. The molecule has 1 rings (SSSR count). The molecule has 0 aliphatic carbocycles. The molecular formula is C12H14O4S. The topological polar surface area (TPSA) is 52.6 Å². The van der Waals surface area contributed by atoms with E-state index in [1.54, 1.807) is 24.4 Å². The molecule has 0 unspecified atom stereocenters. The third-order valence-electron chi connectivity index (χ3n) is 1.89. The second-order valence-corrected chi connectivity index (χ2v) is 4.32. The fourth-order valence-corrected chi connectivity index (χ4v) is 1.56. The molecule has 5 heteroatoms. The van der Waals surface area contributed by atoms with Gasteiger partial charge in [0.25, 0.3) is 0 Å². The van der Waals surface area contributed by atoms with Crippen molar-refractivity contribution in [2.45, 2.75) is 6.92 Å². The first kappa shape index (κ1) is 13.6. The van der Waals surface area contributed by atoms with Crippen LogP contribution in [0.15, 0.2) is 29.7 Å². The Bertz CT molecular complexity index is 395. The van der Waals surface area contributed by atoms with E-state index >= 15 is 0 Å². The molecule has 0 aliphatic rings. The molecule has 1 aromatic rings. The first-order valence-electron chi connectivity index (χ1n) is 5.08. The van der Waals surface area contributed by atoms with Crippen molar-refractivity contribution in [3.8, 4) is 0 Å². The summed E-state index contributed by atoms with van der Waals surface area (Å²) in [4.78, 5) is 23.0. The quantitative estimate of drug-likeness (QED) is 0.424. The van der Waals surface area contributed by atoms with Crippen molar-refractivity contribution in [2.24, 2.45) is 0 Å². The summed E-state index contributed by atoms with van der Waals surface area (Å²) < 4.78 is 9.98. The Morgan fingerprint density at radius 3 is 2.76 bits per heavy atom. The number of hydrogen-bond donors (Lipinski definition) is 0. The van der Waals surface area contributed by atoms with Crippen LogP contribution in [0.25, 0.3) is 0 Å². The zero-order valence-corrected chi connectivity index (χ0v) is 10.4. The maximum Gasteiger partial charge on any atom is 0.348 e. The lowest BCUT2D eigenvalue weighted by Crippen LogP contribution is -2.14. The molecule has 0 fully saturated rings. The van der Waals surface area contributed by atoms with Gasteiger partial charge in [0, 0.05) is 0 Å². The Kier molecular flexibility index (Phi) is 5.59. The Morgan fingerprint density at radius 1 is 1.41 bits per heavy atom. The summed E-state index contributed by atoms with van der Waals surface area (Å²) in [5, 5.41) is 1.80. The minimum Gasteiger partial charge on any atom is -0.459 e. The number of carbonyl (C=O) groups excluding carboxylic acids is 2. The van der Waals surface area contributed by atoms with Gasteiger partial charge in [0.05, 0.1) is 6.61 Å². The van der Waals surface area contributed by atoms with Gasteiger partial charge in [-0.3, -0.25) is 4.79 Å². The lowest BCUT2D eigenvalue weighted by Gasteiger charge is -2.04. The first-order chi connectivity index (χ1) is 8.11. The molecule has 0 N–H and O–H groups in total. The van der Waals surface area contributed by atoms with Gasteiger partial charge in [0.2, 0.25) is 0 Å². The minimum absolute atomic E-state index is 0.0219. The standard InChI is InChI=1S/C12H14O4S/c1-9(2)10(13)8-15-5-6-16-12(14)11-4-3-7-17-11/h3-4,7H,1,5-6,8H2,2H3. The minimum atomic E-state index is -0.366. The molecule has 0 saturated heterocycles. The van der Waals surface area contributed by atoms with Gasteiger partial charge in [0.15, 0.2) is 5.78 Å². The van der Waals surface area contributed by atoms with E-state index in [1.807, 2.05) is 0 Å². The molecule has 0 aromatic carbocycles. The average Bonchev–Trinajstić information content (AvgIpc) is 2.81. The summed E-state index contributed by atoms with van der Waals surface area (Å²) in [6.45, 7) is 5.45. The van der Waals surface area contributed by atoms with Crippen LogP contribution in [0, 0.1) is 0 Å². The molecule has 0 atom stereocenters. The summed E-state index contributed by atoms with van der Waals surface area (Å²) in [7, 11) is 0. The summed E-state index contributed by atoms with van der Waals surface area (Å²) in [5.74, 6) is -0.510. The molecule has 0 spiro atoms. The third kappa shape index (κ3) is 4.93. The molecule has 0 saturated carbocycles. The molecule has 1 aromatic heterocycles. The van der Waals surface area contributed by atoms with E-state index in [-0.39, 0.29) is 31.6 Å². The van der Waals surface area contributed by atoms with E-state index in [1.165, 1.54) is 11.3 Å². The van der Waals surface area contributed by atoms with Crippen molar-refractivity contribution >= 4 is 23.1 Å². The van der Waals surface area contributed by atoms with Crippen molar-refractivity contribution < 1.29 is 19.1 Å². The van der Waals surface area contributed by atoms with Crippen LogP contribution >= 0.6 is 11.3 Å². The van der Waals surface area contributed by atoms with Gasteiger partial charge >= 0.3 is 5.97 Å². The maximum atomic E-state index is 11.4. The molecule has 0 amide bonds. The van der Waals surface area contributed by atoms with Gasteiger partial charge < -0.3 is 9.47 Å². The maximum absolute atomic E-state index is 11.4. The van der Waals surface area contributed by atoms with Crippen LogP contribution in [-0.2, 0) is 14.3 Å². The lowest BCUT2D eigenvalue weighted by atomic mass is 10.2. The van der Waals surface area contributed by atoms with Crippen molar-refractivity contribution in [1.82, 2.24) is 0 Å². The van der Waals surface area contributed by atoms with E-state index in [2.05, 4.69) is 6.58 Å². The molecular weight excluding hydrogens is 240 g/mol. The number of Topliss-reactive ketones (excluding diaryl/α,β-unsaturated/α-hetero) is 1. The summed E-state index contributed by atoms with van der Waals surface area (Å²) in [5.41, 5.74) is 0.459. The van der Waals surface area contributed by atoms with Crippen LogP contribution in [0.3, 0.4) is 0 Å². The van der Waals surface area contributed by atoms with Crippen LogP contribution in [0.5, 0.6) is 0 Å². The molecule has 92 valence electrons. The molecule has 4 nitrogen and oxygen atoms in total. The SMILES string of the molecule is C=C(C)C(=O)COCCOC(=O)c1cccs1. The van der Waals surface area contributed by atoms with Gasteiger partial charge in [0.1, 0.15) is 18.1 Å². The van der Waals surface area contributed by atoms with E-state index in [9.17, 15) is 9.59 Å². The predicted octanol–water partition coefficient (Wildman–Crippen LogP) is 2.07. The van der Waals surface area contributed by atoms with Gasteiger partial charge in [-0.2, -0.15) is 0 Å². The number of rotatable bonds is 7. The zero-order chi connectivity index (χ0) is 12.7. The van der Waals surface area contributed by atoms with E-state index in [0.717, 1.165) is 0 Å². The predicted molar refractivity (Wildman–Crippen MR) is 65.2 cm³/mol. The van der Waals surface area contributed by atoms with Crippen molar-refractivity contribution in [1.29, 1.82) is 0 Å². The fourth-order valence-electron chi connectivity index (χ4n) is 0.947. The van der Waals surface area contributed by atoms with Crippen LogP contribution < -0.4 is 0 Å². The van der Waals surface area contributed by atoms with E-state index in [0.29, 0.717) is 10.5 Å².